The molecule has 2 aromatic rings. The van der Waals surface area contributed by atoms with Crippen LogP contribution in [-0.4, -0.2) is 17.6 Å². The van der Waals surface area contributed by atoms with Crippen molar-refractivity contribution in [2.24, 2.45) is 11.8 Å². The lowest BCUT2D eigenvalue weighted by Crippen LogP contribution is -2.39. The van der Waals surface area contributed by atoms with Crippen LogP contribution in [0.2, 0.25) is 0 Å². The van der Waals surface area contributed by atoms with Gasteiger partial charge in [0.25, 0.3) is 0 Å². The minimum atomic E-state index is 0.524. The number of para-hydroxylation sites is 1. The first-order chi connectivity index (χ1) is 9.61. The third-order valence-corrected chi connectivity index (χ3v) is 5.13. The van der Waals surface area contributed by atoms with Gasteiger partial charge >= 0.3 is 0 Å². The van der Waals surface area contributed by atoms with Gasteiger partial charge in [-0.15, -0.1) is 11.3 Å². The normalized spacial score (nSPS) is 14.8. The molecule has 2 atom stereocenters. The summed E-state index contributed by atoms with van der Waals surface area (Å²) in [5.41, 5.74) is 1.14. The molecule has 1 heterocycles. The van der Waals surface area contributed by atoms with Gasteiger partial charge in [-0.3, -0.25) is 0 Å². The van der Waals surface area contributed by atoms with Crippen molar-refractivity contribution in [3.8, 4) is 0 Å². The highest BCUT2D eigenvalue weighted by molar-refractivity contribution is 7.18. The highest BCUT2D eigenvalue weighted by Gasteiger charge is 2.21. The third-order valence-electron chi connectivity index (χ3n) is 4.08. The zero-order valence-corrected chi connectivity index (χ0v) is 13.8. The van der Waals surface area contributed by atoms with Crippen molar-refractivity contribution >= 4 is 21.6 Å². The van der Waals surface area contributed by atoms with Crippen LogP contribution in [0.3, 0.4) is 0 Å². The van der Waals surface area contributed by atoms with Crippen LogP contribution in [-0.2, 0) is 6.42 Å². The van der Waals surface area contributed by atoms with Gasteiger partial charge in [0, 0.05) is 12.5 Å². The van der Waals surface area contributed by atoms with Crippen LogP contribution in [0, 0.1) is 11.8 Å². The molecule has 3 heteroatoms. The number of benzene rings is 1. The molecule has 0 saturated heterocycles. The summed E-state index contributed by atoms with van der Waals surface area (Å²) in [7, 11) is 0. The van der Waals surface area contributed by atoms with Gasteiger partial charge in [0.05, 0.1) is 15.2 Å². The SMILES string of the molecule is CCCNC(Cc1nc2ccccc2s1)C(C)C(C)C. The number of hydrogen-bond donors (Lipinski definition) is 1. The number of hydrogen-bond acceptors (Lipinski definition) is 3. The van der Waals surface area contributed by atoms with Crippen LogP contribution < -0.4 is 5.32 Å². The molecule has 0 bridgehead atoms. The predicted octanol–water partition coefficient (Wildman–Crippen LogP) is 4.50. The van der Waals surface area contributed by atoms with Crippen molar-refractivity contribution in [2.75, 3.05) is 6.54 Å². The van der Waals surface area contributed by atoms with Crippen LogP contribution >= 0.6 is 11.3 Å². The number of aromatic nitrogens is 1. The number of thiazole rings is 1. The van der Waals surface area contributed by atoms with E-state index in [9.17, 15) is 0 Å². The Morgan fingerprint density at radius 2 is 1.95 bits per heavy atom. The van der Waals surface area contributed by atoms with E-state index in [1.807, 2.05) is 11.3 Å². The topological polar surface area (TPSA) is 24.9 Å². The molecule has 2 rings (SSSR count). The molecule has 0 fully saturated rings. The van der Waals surface area contributed by atoms with E-state index in [0.717, 1.165) is 18.5 Å². The maximum Gasteiger partial charge on any atom is 0.0954 e. The average Bonchev–Trinajstić information content (AvgIpc) is 2.84. The fraction of sp³-hybridized carbons (Fsp3) is 0.588. The van der Waals surface area contributed by atoms with E-state index in [0.29, 0.717) is 17.9 Å². The Bertz CT molecular complexity index is 500. The minimum absolute atomic E-state index is 0.524. The Morgan fingerprint density at radius 1 is 1.20 bits per heavy atom. The maximum atomic E-state index is 4.78. The van der Waals surface area contributed by atoms with E-state index in [4.69, 9.17) is 4.98 Å². The molecule has 0 aliphatic carbocycles. The van der Waals surface area contributed by atoms with Crippen molar-refractivity contribution in [3.05, 3.63) is 29.3 Å². The number of fused-ring (bicyclic) bond motifs is 1. The summed E-state index contributed by atoms with van der Waals surface area (Å²) in [6.07, 6.45) is 2.22. The number of rotatable bonds is 7. The fourth-order valence-electron chi connectivity index (χ4n) is 2.43. The average molecular weight is 290 g/mol. The first-order valence-corrected chi connectivity index (χ1v) is 8.51. The second-order valence-corrected chi connectivity index (χ2v) is 7.06. The molecule has 1 N–H and O–H groups in total. The fourth-order valence-corrected chi connectivity index (χ4v) is 3.46. The lowest BCUT2D eigenvalue weighted by Gasteiger charge is -2.27. The standard InChI is InChI=1S/C17H26N2S/c1-5-10-18-15(13(4)12(2)3)11-17-19-14-8-6-7-9-16(14)20-17/h6-9,12-13,15,18H,5,10-11H2,1-4H3. The highest BCUT2D eigenvalue weighted by Crippen LogP contribution is 2.25. The van der Waals surface area contributed by atoms with Crippen molar-refractivity contribution < 1.29 is 0 Å². The molecule has 1 aromatic carbocycles. The zero-order chi connectivity index (χ0) is 14.5. The molecule has 110 valence electrons. The molecule has 20 heavy (non-hydrogen) atoms. The van der Waals surface area contributed by atoms with E-state index in [-0.39, 0.29) is 0 Å². The monoisotopic (exact) mass is 290 g/mol. The molecule has 0 spiro atoms. The van der Waals surface area contributed by atoms with Gasteiger partial charge in [-0.2, -0.15) is 0 Å². The molecule has 0 saturated carbocycles. The lowest BCUT2D eigenvalue weighted by molar-refractivity contribution is 0.297. The summed E-state index contributed by atoms with van der Waals surface area (Å²) in [6.45, 7) is 10.3. The van der Waals surface area contributed by atoms with E-state index >= 15 is 0 Å². The van der Waals surface area contributed by atoms with E-state index in [2.05, 4.69) is 57.3 Å². The van der Waals surface area contributed by atoms with Crippen LogP contribution in [0.1, 0.15) is 39.1 Å². The molecule has 0 amide bonds. The quantitative estimate of drug-likeness (QED) is 0.812. The van der Waals surface area contributed by atoms with Crippen LogP contribution in [0.4, 0.5) is 0 Å². The summed E-state index contributed by atoms with van der Waals surface area (Å²) in [5.74, 6) is 1.35. The van der Waals surface area contributed by atoms with Gasteiger partial charge in [-0.25, -0.2) is 4.98 Å². The van der Waals surface area contributed by atoms with Crippen molar-refractivity contribution in [2.45, 2.75) is 46.6 Å². The highest BCUT2D eigenvalue weighted by atomic mass is 32.1. The van der Waals surface area contributed by atoms with Gasteiger partial charge in [-0.1, -0.05) is 39.8 Å². The zero-order valence-electron chi connectivity index (χ0n) is 13.0. The first kappa shape index (κ1) is 15.5. The Balaban J connectivity index is 2.13. The van der Waals surface area contributed by atoms with Gasteiger partial charge in [0.15, 0.2) is 0 Å². The summed E-state index contributed by atoms with van der Waals surface area (Å²) in [4.78, 5) is 4.78. The molecule has 2 unspecified atom stereocenters. The Kier molecular flexibility index (Phi) is 5.55. The largest absolute Gasteiger partial charge is 0.313 e. The second-order valence-electron chi connectivity index (χ2n) is 5.94. The third kappa shape index (κ3) is 3.80. The summed E-state index contributed by atoms with van der Waals surface area (Å²) < 4.78 is 1.30. The van der Waals surface area contributed by atoms with E-state index in [1.54, 1.807) is 0 Å². The van der Waals surface area contributed by atoms with Crippen molar-refractivity contribution in [1.29, 1.82) is 0 Å². The van der Waals surface area contributed by atoms with Crippen molar-refractivity contribution in [3.63, 3.8) is 0 Å². The molecule has 0 aliphatic rings. The Labute approximate surface area is 126 Å². The first-order valence-electron chi connectivity index (χ1n) is 7.69. The molecule has 2 nitrogen and oxygen atoms in total. The number of nitrogens with zero attached hydrogens (tertiary/aromatic N) is 1. The van der Waals surface area contributed by atoms with E-state index < -0.39 is 0 Å². The lowest BCUT2D eigenvalue weighted by atomic mass is 9.88. The summed E-state index contributed by atoms with van der Waals surface area (Å²) >= 11 is 1.84. The van der Waals surface area contributed by atoms with Crippen LogP contribution in [0.25, 0.3) is 10.2 Å². The van der Waals surface area contributed by atoms with Crippen molar-refractivity contribution in [1.82, 2.24) is 10.3 Å². The number of nitrogens with one attached hydrogen (secondary N) is 1. The Morgan fingerprint density at radius 3 is 2.60 bits per heavy atom. The van der Waals surface area contributed by atoms with Gasteiger partial charge in [0.2, 0.25) is 0 Å². The van der Waals surface area contributed by atoms with Crippen LogP contribution in [0.15, 0.2) is 24.3 Å². The Hall–Kier alpha value is -0.930. The molecular formula is C17H26N2S. The molecule has 0 radical (unpaired) electrons. The van der Waals surface area contributed by atoms with Gasteiger partial charge in [0.1, 0.15) is 0 Å². The minimum Gasteiger partial charge on any atom is -0.313 e. The molecular weight excluding hydrogens is 264 g/mol. The van der Waals surface area contributed by atoms with Gasteiger partial charge < -0.3 is 5.32 Å². The smallest absolute Gasteiger partial charge is 0.0954 e. The van der Waals surface area contributed by atoms with E-state index in [1.165, 1.54) is 16.1 Å². The maximum absolute atomic E-state index is 4.78. The molecule has 0 aliphatic heterocycles. The molecule has 1 aromatic heterocycles. The summed E-state index contributed by atoms with van der Waals surface area (Å²) in [5, 5.41) is 4.97. The predicted molar refractivity (Wildman–Crippen MR) is 89.4 cm³/mol. The summed E-state index contributed by atoms with van der Waals surface area (Å²) in [6, 6.07) is 8.95. The second kappa shape index (κ2) is 7.19. The van der Waals surface area contributed by atoms with Gasteiger partial charge in [-0.05, 0) is 36.9 Å². The van der Waals surface area contributed by atoms with Crippen LogP contribution in [0.5, 0.6) is 0 Å².